The van der Waals surface area contributed by atoms with Crippen molar-refractivity contribution < 1.29 is 69.0 Å². The van der Waals surface area contributed by atoms with Gasteiger partial charge in [-0.2, -0.15) is 0 Å². The Morgan fingerprint density at radius 2 is 1.51 bits per heavy atom. The number of carbonyl (C=O) groups excluding carboxylic acids is 2. The number of amides is 1. The molecule has 0 saturated carbocycles. The van der Waals surface area contributed by atoms with Crippen molar-refractivity contribution in [2.75, 3.05) is 32.2 Å². The molecular formula is C40H65N3O14. The van der Waals surface area contributed by atoms with Crippen LogP contribution in [0.1, 0.15) is 97.3 Å². The second kappa shape index (κ2) is 25.3. The van der Waals surface area contributed by atoms with Crippen molar-refractivity contribution in [2.45, 2.75) is 152 Å². The number of fused-ring (bicyclic) bond motifs is 1. The summed E-state index contributed by atoms with van der Waals surface area (Å²) < 4.78 is 26.6. The molecular weight excluding hydrogens is 746 g/mol. The largest absolute Gasteiger partial charge is 0.453 e. The van der Waals surface area contributed by atoms with E-state index in [0.29, 0.717) is 12.4 Å². The minimum Gasteiger partial charge on any atom is -0.453 e. The van der Waals surface area contributed by atoms with E-state index in [4.69, 9.17) is 18.9 Å². The number of aliphatic hydroxyl groups excluding tert-OH is 7. The number of aromatic amines is 1. The van der Waals surface area contributed by atoms with E-state index >= 15 is 0 Å². The Balaban J connectivity index is 0.000000515. The Morgan fingerprint density at radius 1 is 0.877 bits per heavy atom. The molecule has 324 valence electrons. The Kier molecular flexibility index (Phi) is 21.4. The zero-order valence-electron chi connectivity index (χ0n) is 33.4. The van der Waals surface area contributed by atoms with Gasteiger partial charge < -0.3 is 64.4 Å². The lowest BCUT2D eigenvalue weighted by atomic mass is 9.98. The molecule has 2 aliphatic heterocycles. The molecule has 2 aliphatic rings. The molecule has 1 amide bonds. The Labute approximate surface area is 334 Å². The number of anilines is 1. The van der Waals surface area contributed by atoms with Crippen LogP contribution in [0.5, 0.6) is 0 Å². The molecule has 0 aliphatic carbocycles. The fourth-order valence-corrected chi connectivity index (χ4v) is 6.64. The number of aromatic nitrogens is 2. The third kappa shape index (κ3) is 14.5. The van der Waals surface area contributed by atoms with E-state index in [9.17, 15) is 45.3 Å². The van der Waals surface area contributed by atoms with E-state index in [1.54, 1.807) is 6.92 Å². The average molecular weight is 812 g/mol. The Morgan fingerprint density at radius 3 is 2.12 bits per heavy atom. The number of hydrogen-bond donors (Lipinski definition) is 9. The highest BCUT2D eigenvalue weighted by atomic mass is 16.8. The zero-order chi connectivity index (χ0) is 41.8. The van der Waals surface area contributed by atoms with E-state index < -0.39 is 92.6 Å². The van der Waals surface area contributed by atoms with Gasteiger partial charge in [0.2, 0.25) is 11.7 Å². The number of nitrogens with one attached hydrogen (secondary N) is 2. The van der Waals surface area contributed by atoms with Crippen LogP contribution in [0.4, 0.5) is 10.7 Å². The first kappa shape index (κ1) is 48.1. The third-order valence-corrected chi connectivity index (χ3v) is 10.1. The molecule has 2 fully saturated rings. The average Bonchev–Trinajstić information content (AvgIpc) is 3.75. The van der Waals surface area contributed by atoms with Crippen molar-refractivity contribution in [3.63, 3.8) is 0 Å². The van der Waals surface area contributed by atoms with Crippen LogP contribution in [-0.2, 0) is 28.5 Å². The van der Waals surface area contributed by atoms with Gasteiger partial charge in [0, 0.05) is 0 Å². The molecule has 1 unspecified atom stereocenters. The van der Waals surface area contributed by atoms with E-state index in [0.717, 1.165) is 49.6 Å². The van der Waals surface area contributed by atoms with E-state index in [1.807, 2.05) is 24.3 Å². The van der Waals surface area contributed by atoms with Crippen LogP contribution in [0.15, 0.2) is 36.4 Å². The molecule has 4 rings (SSSR count). The van der Waals surface area contributed by atoms with Gasteiger partial charge in [-0.15, -0.1) is 0 Å². The normalized spacial score (nSPS) is 27.9. The van der Waals surface area contributed by atoms with Crippen LogP contribution in [0.2, 0.25) is 0 Å². The number of unbranched alkanes of at least 4 members (excludes halogenated alkanes) is 10. The maximum atomic E-state index is 13.0. The van der Waals surface area contributed by atoms with Gasteiger partial charge in [0.25, 0.3) is 0 Å². The van der Waals surface area contributed by atoms with Gasteiger partial charge in [-0.1, -0.05) is 89.5 Å². The van der Waals surface area contributed by atoms with Crippen LogP contribution >= 0.6 is 0 Å². The minimum atomic E-state index is -2.27. The van der Waals surface area contributed by atoms with E-state index in [2.05, 4.69) is 39.1 Å². The SMILES string of the molecule is CCCCCCCC/C=C\CCCCCCC(C)C(=O)O[C@H]1[C@H](O)[C@@H](CO)O[C@@]1(CO)O[C@H]1O[C@H](CO)[C@@H](O)[C@H](O)[C@H]1O.COC(=O)Nc1nc2ccccc2[nH]1. The molecule has 1 aromatic carbocycles. The summed E-state index contributed by atoms with van der Waals surface area (Å²) in [6, 6.07) is 7.51. The van der Waals surface area contributed by atoms with Gasteiger partial charge >= 0.3 is 12.1 Å². The summed E-state index contributed by atoms with van der Waals surface area (Å²) >= 11 is 0. The summed E-state index contributed by atoms with van der Waals surface area (Å²) in [6.07, 6.45) is 5.57. The molecule has 9 N–H and O–H groups in total. The summed E-state index contributed by atoms with van der Waals surface area (Å²) in [7, 11) is 1.30. The lowest BCUT2D eigenvalue weighted by Gasteiger charge is -2.43. The van der Waals surface area contributed by atoms with Gasteiger partial charge in [-0.3, -0.25) is 10.1 Å². The smallest absolute Gasteiger partial charge is 0.413 e. The van der Waals surface area contributed by atoms with Crippen LogP contribution in [-0.4, -0.2) is 140 Å². The zero-order valence-corrected chi connectivity index (χ0v) is 33.4. The number of para-hydroxylation sites is 2. The van der Waals surface area contributed by atoms with Crippen molar-refractivity contribution in [1.82, 2.24) is 9.97 Å². The molecule has 3 heterocycles. The molecule has 1 aromatic heterocycles. The van der Waals surface area contributed by atoms with E-state index in [-0.39, 0.29) is 0 Å². The summed E-state index contributed by atoms with van der Waals surface area (Å²) in [5, 5.41) is 73.1. The summed E-state index contributed by atoms with van der Waals surface area (Å²) in [6.45, 7) is 1.53. The van der Waals surface area contributed by atoms with Gasteiger partial charge in [-0.25, -0.2) is 9.78 Å². The first-order valence-corrected chi connectivity index (χ1v) is 20.2. The second-order valence-electron chi connectivity index (χ2n) is 14.6. The minimum absolute atomic E-state index is 0.387. The fraction of sp³-hybridized carbons (Fsp3) is 0.725. The number of rotatable bonds is 22. The number of imidazole rings is 1. The Bertz CT molecular complexity index is 1440. The molecule has 17 nitrogen and oxygen atoms in total. The summed E-state index contributed by atoms with van der Waals surface area (Å²) in [5.41, 5.74) is 1.68. The number of H-pyrrole nitrogens is 1. The highest BCUT2D eigenvalue weighted by Crippen LogP contribution is 2.38. The van der Waals surface area contributed by atoms with Crippen LogP contribution in [0, 0.1) is 5.92 Å². The fourth-order valence-electron chi connectivity index (χ4n) is 6.64. The number of esters is 1. The van der Waals surface area contributed by atoms with Gasteiger partial charge in [0.05, 0.1) is 37.3 Å². The van der Waals surface area contributed by atoms with Crippen molar-refractivity contribution >= 4 is 29.0 Å². The number of benzene rings is 1. The van der Waals surface area contributed by atoms with Crippen molar-refractivity contribution in [2.24, 2.45) is 5.92 Å². The molecule has 2 aromatic rings. The molecule has 17 heteroatoms. The molecule has 0 radical (unpaired) electrons. The molecule has 2 saturated heterocycles. The van der Waals surface area contributed by atoms with Crippen molar-refractivity contribution in [1.29, 1.82) is 0 Å². The standard InChI is InChI=1S/C31H56O12.C9H9N3O2/c1-3-4-5-6-7-8-9-10-11-12-13-14-15-16-17-21(2)29(39)41-28-25(36)23(19-33)42-31(28,20-34)43-30-27(38)26(37)24(35)22(18-32)40-30;1-14-9(13)12-8-10-6-4-2-3-5-7(6)11-8/h10-11,21-28,30,32-38H,3-9,12-20H2,1-2H3;2-5H,1H3,(H2,10,11,12,13)/b11-10-;/t21?,22-,23-,24-,25-,26+,27-,28+,30-,31+;/m1./s1. The number of carbonyl (C=O) groups is 2. The highest BCUT2D eigenvalue weighted by Gasteiger charge is 2.61. The predicted molar refractivity (Wildman–Crippen MR) is 209 cm³/mol. The van der Waals surface area contributed by atoms with Gasteiger partial charge in [0.1, 0.15) is 43.2 Å². The van der Waals surface area contributed by atoms with Crippen molar-refractivity contribution in [3.8, 4) is 0 Å². The highest BCUT2D eigenvalue weighted by molar-refractivity contribution is 5.86. The number of hydrogen-bond acceptors (Lipinski definition) is 15. The molecule has 0 spiro atoms. The van der Waals surface area contributed by atoms with Crippen LogP contribution in [0.3, 0.4) is 0 Å². The summed E-state index contributed by atoms with van der Waals surface area (Å²) in [4.78, 5) is 30.9. The second-order valence-corrected chi connectivity index (χ2v) is 14.6. The molecule has 0 bridgehead atoms. The number of aliphatic hydroxyl groups is 7. The number of ether oxygens (including phenoxy) is 5. The maximum absolute atomic E-state index is 13.0. The van der Waals surface area contributed by atoms with Crippen molar-refractivity contribution in [3.05, 3.63) is 36.4 Å². The maximum Gasteiger partial charge on any atom is 0.413 e. The topological polar surface area (TPSA) is 263 Å². The van der Waals surface area contributed by atoms with Gasteiger partial charge in [-0.05, 0) is 44.2 Å². The van der Waals surface area contributed by atoms with Crippen LogP contribution < -0.4 is 5.32 Å². The monoisotopic (exact) mass is 811 g/mol. The lowest BCUT2D eigenvalue weighted by Crippen LogP contribution is -2.63. The quantitative estimate of drug-likeness (QED) is 0.0470. The van der Waals surface area contributed by atoms with Crippen LogP contribution in [0.25, 0.3) is 11.0 Å². The molecule has 57 heavy (non-hydrogen) atoms. The predicted octanol–water partition coefficient (Wildman–Crippen LogP) is 3.18. The number of nitrogens with zero attached hydrogens (tertiary/aromatic N) is 1. The van der Waals surface area contributed by atoms with Gasteiger partial charge in [0.15, 0.2) is 12.4 Å². The first-order valence-electron chi connectivity index (χ1n) is 20.2. The number of allylic oxidation sites excluding steroid dienone is 2. The number of methoxy groups -OCH3 is 1. The summed E-state index contributed by atoms with van der Waals surface area (Å²) in [5.74, 6) is -3.09. The first-order chi connectivity index (χ1) is 27.4. The van der Waals surface area contributed by atoms with E-state index in [1.165, 1.54) is 45.6 Å². The lowest BCUT2D eigenvalue weighted by molar-refractivity contribution is -0.384. The third-order valence-electron chi connectivity index (χ3n) is 10.1. The molecule has 10 atom stereocenters. The Hall–Kier alpha value is -3.23.